The van der Waals surface area contributed by atoms with Gasteiger partial charge in [0.25, 0.3) is 0 Å². The van der Waals surface area contributed by atoms with Crippen molar-refractivity contribution in [3.8, 4) is 11.6 Å². The standard InChI is InChI=1S/C21H19FN6O/c22-18-5-2-1-4-16(18)13-29-17-8-6-15(7-9-17)12-24-20-19(23)21(26-14-25-20)28-11-3-10-27-28/h1-11,14H,12-13,23H2,(H,24,25,26). The van der Waals surface area contributed by atoms with Crippen LogP contribution in [0, 0.1) is 5.82 Å². The van der Waals surface area contributed by atoms with Gasteiger partial charge in [-0.1, -0.05) is 30.3 Å². The quantitative estimate of drug-likeness (QED) is 0.501. The molecule has 0 radical (unpaired) electrons. The van der Waals surface area contributed by atoms with Gasteiger partial charge >= 0.3 is 0 Å². The Hall–Kier alpha value is -3.94. The number of nitrogens with one attached hydrogen (secondary N) is 1. The molecule has 0 unspecified atom stereocenters. The van der Waals surface area contributed by atoms with Crippen LogP contribution in [0.25, 0.3) is 5.82 Å². The lowest BCUT2D eigenvalue weighted by atomic mass is 10.2. The summed E-state index contributed by atoms with van der Waals surface area (Å²) >= 11 is 0. The molecule has 4 aromatic rings. The molecule has 0 spiro atoms. The van der Waals surface area contributed by atoms with Crippen molar-refractivity contribution in [1.82, 2.24) is 19.7 Å². The van der Waals surface area contributed by atoms with Crippen molar-refractivity contribution in [2.24, 2.45) is 0 Å². The summed E-state index contributed by atoms with van der Waals surface area (Å²) < 4.78 is 20.9. The second-order valence-electron chi connectivity index (χ2n) is 6.29. The molecule has 0 fully saturated rings. The van der Waals surface area contributed by atoms with Crippen molar-refractivity contribution in [1.29, 1.82) is 0 Å². The zero-order chi connectivity index (χ0) is 20.1. The molecule has 4 rings (SSSR count). The first kappa shape index (κ1) is 18.4. The van der Waals surface area contributed by atoms with Crippen LogP contribution in [0.3, 0.4) is 0 Å². The Kier molecular flexibility index (Phi) is 5.33. The first-order chi connectivity index (χ1) is 14.2. The lowest BCUT2D eigenvalue weighted by Crippen LogP contribution is -2.10. The number of halogens is 1. The van der Waals surface area contributed by atoms with Crippen molar-refractivity contribution in [2.75, 3.05) is 11.1 Å². The summed E-state index contributed by atoms with van der Waals surface area (Å²) in [7, 11) is 0. The number of hydrogen-bond acceptors (Lipinski definition) is 6. The van der Waals surface area contributed by atoms with Gasteiger partial charge in [0, 0.05) is 24.5 Å². The molecule has 0 aliphatic rings. The van der Waals surface area contributed by atoms with E-state index in [-0.39, 0.29) is 12.4 Å². The maximum atomic E-state index is 13.7. The van der Waals surface area contributed by atoms with Gasteiger partial charge in [-0.15, -0.1) is 0 Å². The predicted octanol–water partition coefficient (Wildman–Crippen LogP) is 3.57. The van der Waals surface area contributed by atoms with Gasteiger partial charge < -0.3 is 15.8 Å². The number of nitrogen functional groups attached to an aromatic ring is 1. The molecule has 146 valence electrons. The molecular formula is C21H19FN6O. The van der Waals surface area contributed by atoms with E-state index in [0.29, 0.717) is 35.2 Å². The first-order valence-corrected chi connectivity index (χ1v) is 9.00. The summed E-state index contributed by atoms with van der Waals surface area (Å²) in [6.07, 6.45) is 4.86. The van der Waals surface area contributed by atoms with Gasteiger partial charge in [-0.05, 0) is 29.8 Å². The van der Waals surface area contributed by atoms with E-state index in [1.165, 1.54) is 12.4 Å². The van der Waals surface area contributed by atoms with E-state index in [1.807, 2.05) is 24.3 Å². The Bertz CT molecular complexity index is 1080. The smallest absolute Gasteiger partial charge is 0.181 e. The van der Waals surface area contributed by atoms with Crippen LogP contribution in [0.1, 0.15) is 11.1 Å². The van der Waals surface area contributed by atoms with Gasteiger partial charge in [0.05, 0.1) is 0 Å². The Labute approximate surface area is 167 Å². The summed E-state index contributed by atoms with van der Waals surface area (Å²) in [4.78, 5) is 8.38. The zero-order valence-electron chi connectivity index (χ0n) is 15.5. The molecule has 8 heteroatoms. The number of nitrogens with two attached hydrogens (primary N) is 1. The Morgan fingerprint density at radius 3 is 2.62 bits per heavy atom. The van der Waals surface area contributed by atoms with Gasteiger partial charge in [0.15, 0.2) is 11.6 Å². The molecule has 0 saturated carbocycles. The number of rotatable bonds is 7. The topological polar surface area (TPSA) is 90.9 Å². The van der Waals surface area contributed by atoms with E-state index < -0.39 is 0 Å². The fraction of sp³-hybridized carbons (Fsp3) is 0.0952. The van der Waals surface area contributed by atoms with E-state index in [9.17, 15) is 4.39 Å². The lowest BCUT2D eigenvalue weighted by Gasteiger charge is -2.12. The minimum Gasteiger partial charge on any atom is -0.489 e. The highest BCUT2D eigenvalue weighted by Gasteiger charge is 2.10. The maximum Gasteiger partial charge on any atom is 0.181 e. The van der Waals surface area contributed by atoms with E-state index in [0.717, 1.165) is 5.56 Å². The van der Waals surface area contributed by atoms with Crippen molar-refractivity contribution in [2.45, 2.75) is 13.2 Å². The molecule has 2 aromatic heterocycles. The molecule has 2 heterocycles. The van der Waals surface area contributed by atoms with Crippen LogP contribution in [-0.2, 0) is 13.2 Å². The second-order valence-corrected chi connectivity index (χ2v) is 6.29. The SMILES string of the molecule is Nc1c(NCc2ccc(OCc3ccccc3F)cc2)ncnc1-n1cccn1. The van der Waals surface area contributed by atoms with Crippen molar-refractivity contribution < 1.29 is 9.13 Å². The minimum atomic E-state index is -0.273. The van der Waals surface area contributed by atoms with E-state index in [2.05, 4.69) is 20.4 Å². The fourth-order valence-electron chi connectivity index (χ4n) is 2.77. The highest BCUT2D eigenvalue weighted by atomic mass is 19.1. The van der Waals surface area contributed by atoms with Crippen molar-refractivity contribution in [3.05, 3.63) is 90.3 Å². The molecule has 3 N–H and O–H groups in total. The average Bonchev–Trinajstić information content (AvgIpc) is 3.28. The minimum absolute atomic E-state index is 0.179. The van der Waals surface area contributed by atoms with Gasteiger partial charge in [-0.25, -0.2) is 19.0 Å². The molecule has 2 aromatic carbocycles. The summed E-state index contributed by atoms with van der Waals surface area (Å²) in [6.45, 7) is 0.700. The molecular weight excluding hydrogens is 371 g/mol. The molecule has 0 amide bonds. The molecule has 0 aliphatic heterocycles. The Morgan fingerprint density at radius 2 is 1.86 bits per heavy atom. The lowest BCUT2D eigenvalue weighted by molar-refractivity contribution is 0.300. The zero-order valence-corrected chi connectivity index (χ0v) is 15.5. The predicted molar refractivity (Wildman–Crippen MR) is 108 cm³/mol. The number of benzene rings is 2. The van der Waals surface area contributed by atoms with Gasteiger partial charge in [-0.2, -0.15) is 5.10 Å². The normalized spacial score (nSPS) is 10.7. The highest BCUT2D eigenvalue weighted by molar-refractivity contribution is 5.68. The molecule has 0 aliphatic carbocycles. The summed E-state index contributed by atoms with van der Waals surface area (Å²) in [5.41, 5.74) is 8.12. The van der Waals surface area contributed by atoms with Crippen LogP contribution >= 0.6 is 0 Å². The number of hydrogen-bond donors (Lipinski definition) is 2. The highest BCUT2D eigenvalue weighted by Crippen LogP contribution is 2.22. The van der Waals surface area contributed by atoms with Crippen LogP contribution < -0.4 is 15.8 Å². The number of aromatic nitrogens is 4. The summed E-state index contributed by atoms with van der Waals surface area (Å²) in [5, 5.41) is 7.35. The second kappa shape index (κ2) is 8.39. The number of nitrogens with zero attached hydrogens (tertiary/aromatic N) is 4. The number of ether oxygens (including phenoxy) is 1. The van der Waals surface area contributed by atoms with Crippen LogP contribution in [0.15, 0.2) is 73.3 Å². The third-order valence-corrected chi connectivity index (χ3v) is 4.32. The third kappa shape index (κ3) is 4.32. The average molecular weight is 390 g/mol. The summed E-state index contributed by atoms with van der Waals surface area (Å²) in [6, 6.07) is 15.9. The van der Waals surface area contributed by atoms with Crippen molar-refractivity contribution >= 4 is 11.5 Å². The Balaban J connectivity index is 1.37. The maximum absolute atomic E-state index is 13.7. The summed E-state index contributed by atoms with van der Waals surface area (Å²) in [5.74, 6) is 1.44. The van der Waals surface area contributed by atoms with Crippen LogP contribution in [0.4, 0.5) is 15.9 Å². The van der Waals surface area contributed by atoms with Crippen LogP contribution in [0.2, 0.25) is 0 Å². The Morgan fingerprint density at radius 1 is 1.03 bits per heavy atom. The largest absolute Gasteiger partial charge is 0.489 e. The van der Waals surface area contributed by atoms with E-state index in [4.69, 9.17) is 10.5 Å². The molecule has 29 heavy (non-hydrogen) atoms. The van der Waals surface area contributed by atoms with Gasteiger partial charge in [0.1, 0.15) is 30.2 Å². The van der Waals surface area contributed by atoms with Gasteiger partial charge in [0.2, 0.25) is 0 Å². The number of anilines is 2. The first-order valence-electron chi connectivity index (χ1n) is 9.00. The van der Waals surface area contributed by atoms with E-state index >= 15 is 0 Å². The fourth-order valence-corrected chi connectivity index (χ4v) is 2.77. The van der Waals surface area contributed by atoms with Crippen LogP contribution in [0.5, 0.6) is 5.75 Å². The van der Waals surface area contributed by atoms with Crippen LogP contribution in [-0.4, -0.2) is 19.7 Å². The molecule has 0 saturated heterocycles. The monoisotopic (exact) mass is 390 g/mol. The molecule has 0 atom stereocenters. The van der Waals surface area contributed by atoms with Crippen molar-refractivity contribution in [3.63, 3.8) is 0 Å². The molecule has 7 nitrogen and oxygen atoms in total. The molecule has 0 bridgehead atoms. The third-order valence-electron chi connectivity index (χ3n) is 4.32. The van der Waals surface area contributed by atoms with Gasteiger partial charge in [-0.3, -0.25) is 0 Å². The van der Waals surface area contributed by atoms with E-state index in [1.54, 1.807) is 41.3 Å².